The fraction of sp³-hybridized carbons (Fsp3) is 0.200. The van der Waals surface area contributed by atoms with Gasteiger partial charge in [0.1, 0.15) is 4.90 Å². The highest BCUT2D eigenvalue weighted by Gasteiger charge is 2.22. The summed E-state index contributed by atoms with van der Waals surface area (Å²) >= 11 is 12.2. The van der Waals surface area contributed by atoms with E-state index in [1.807, 2.05) is 0 Å². The van der Waals surface area contributed by atoms with Crippen LogP contribution in [0.3, 0.4) is 0 Å². The molecule has 24 heavy (non-hydrogen) atoms. The van der Waals surface area contributed by atoms with Crippen molar-refractivity contribution >= 4 is 44.4 Å². The monoisotopic (exact) mass is 388 g/mol. The Morgan fingerprint density at radius 3 is 2.33 bits per heavy atom. The minimum absolute atomic E-state index is 0.326. The van der Waals surface area contributed by atoms with Crippen LogP contribution in [0.15, 0.2) is 41.3 Å². The van der Waals surface area contributed by atoms with Crippen LogP contribution >= 0.6 is 23.2 Å². The van der Waals surface area contributed by atoms with Crippen molar-refractivity contribution < 1.29 is 13.3 Å². The Morgan fingerprint density at radius 1 is 1.17 bits per heavy atom. The first kappa shape index (κ1) is 18.5. The average molecular weight is 389 g/mol. The van der Waals surface area contributed by atoms with Gasteiger partial charge in [-0.15, -0.1) is 0 Å². The van der Waals surface area contributed by atoms with Crippen LogP contribution in [-0.4, -0.2) is 26.1 Å². The molecule has 0 aromatic heterocycles. The minimum atomic E-state index is -3.72. The molecule has 0 saturated carbocycles. The second-order valence-electron chi connectivity index (χ2n) is 5.09. The molecule has 0 unspecified atom stereocenters. The van der Waals surface area contributed by atoms with Crippen LogP contribution < -0.4 is 5.32 Å². The van der Waals surface area contributed by atoms with Crippen molar-refractivity contribution in [1.82, 2.24) is 0 Å². The molecule has 9 heteroatoms. The number of halogens is 2. The Morgan fingerprint density at radius 2 is 1.79 bits per heavy atom. The molecule has 2 aromatic rings. The summed E-state index contributed by atoms with van der Waals surface area (Å²) in [5.74, 6) is 0. The van der Waals surface area contributed by atoms with Crippen LogP contribution in [0.1, 0.15) is 5.56 Å². The van der Waals surface area contributed by atoms with Crippen molar-refractivity contribution in [2.45, 2.75) is 11.3 Å². The summed E-state index contributed by atoms with van der Waals surface area (Å²) in [5, 5.41) is 15.1. The summed E-state index contributed by atoms with van der Waals surface area (Å²) in [4.78, 5) is 9.90. The summed E-state index contributed by atoms with van der Waals surface area (Å²) in [6.45, 7) is 0.435. The molecule has 128 valence electrons. The van der Waals surface area contributed by atoms with E-state index in [9.17, 15) is 18.5 Å². The van der Waals surface area contributed by atoms with Crippen molar-refractivity contribution in [3.63, 3.8) is 0 Å². The zero-order chi connectivity index (χ0) is 17.9. The fourth-order valence-electron chi connectivity index (χ4n) is 2.17. The van der Waals surface area contributed by atoms with Gasteiger partial charge in [-0.1, -0.05) is 29.3 Å². The summed E-state index contributed by atoms with van der Waals surface area (Å²) in [6.07, 6.45) is 1.45. The highest BCUT2D eigenvalue weighted by atomic mass is 35.5. The van der Waals surface area contributed by atoms with Gasteiger partial charge >= 0.3 is 0 Å². The topological polar surface area (TPSA) is 89.3 Å². The van der Waals surface area contributed by atoms with E-state index in [1.165, 1.54) is 18.2 Å². The number of nitrogens with one attached hydrogen (secondary N) is 1. The Hall–Kier alpha value is -1.83. The molecule has 0 aliphatic rings. The average Bonchev–Trinajstić information content (AvgIpc) is 2.49. The van der Waals surface area contributed by atoms with E-state index in [4.69, 9.17) is 23.2 Å². The van der Waals surface area contributed by atoms with Crippen molar-refractivity contribution in [2.24, 2.45) is 0 Å². The summed E-state index contributed by atoms with van der Waals surface area (Å²) < 4.78 is 23.5. The minimum Gasteiger partial charge on any atom is -0.385 e. The van der Waals surface area contributed by atoms with Gasteiger partial charge in [0.2, 0.25) is 0 Å². The van der Waals surface area contributed by atoms with E-state index >= 15 is 0 Å². The van der Waals surface area contributed by atoms with E-state index in [0.29, 0.717) is 28.7 Å². The predicted molar refractivity (Wildman–Crippen MR) is 94.9 cm³/mol. The standard InChI is InChI=1S/C15H14Cl2N2O4S/c1-24(22,23)15-9-10(5-6-14(15)19(20)21)18-8-7-11-12(16)3-2-4-13(11)17/h2-6,9,18H,7-8H2,1H3. The lowest BCUT2D eigenvalue weighted by atomic mass is 10.1. The van der Waals surface area contributed by atoms with Gasteiger partial charge in [-0.3, -0.25) is 10.1 Å². The zero-order valence-corrected chi connectivity index (χ0v) is 15.0. The van der Waals surface area contributed by atoms with Crippen molar-refractivity contribution in [1.29, 1.82) is 0 Å². The van der Waals surface area contributed by atoms with Gasteiger partial charge in [0, 0.05) is 34.6 Å². The van der Waals surface area contributed by atoms with Gasteiger partial charge < -0.3 is 5.32 Å². The van der Waals surface area contributed by atoms with Crippen molar-refractivity contribution in [2.75, 3.05) is 18.1 Å². The third-order valence-corrected chi connectivity index (χ3v) is 5.16. The van der Waals surface area contributed by atoms with E-state index in [0.717, 1.165) is 11.8 Å². The molecule has 0 radical (unpaired) electrons. The molecule has 0 amide bonds. The number of anilines is 1. The lowest BCUT2D eigenvalue weighted by Crippen LogP contribution is -2.08. The molecule has 0 aliphatic heterocycles. The molecule has 6 nitrogen and oxygen atoms in total. The second kappa shape index (κ2) is 7.38. The summed E-state index contributed by atoms with van der Waals surface area (Å²) in [5.41, 5.74) is 0.792. The third-order valence-electron chi connectivity index (χ3n) is 3.32. The first-order valence-corrected chi connectivity index (χ1v) is 9.50. The van der Waals surface area contributed by atoms with E-state index in [1.54, 1.807) is 18.2 Å². The molecule has 2 aromatic carbocycles. The molecular formula is C15H14Cl2N2O4S. The molecule has 0 saturated heterocycles. The number of nitrogens with zero attached hydrogens (tertiary/aromatic N) is 1. The Balaban J connectivity index is 2.18. The Bertz CT molecular complexity index is 865. The van der Waals surface area contributed by atoms with Gasteiger partial charge in [0.25, 0.3) is 5.69 Å². The van der Waals surface area contributed by atoms with Gasteiger partial charge in [-0.25, -0.2) is 8.42 Å². The quantitative estimate of drug-likeness (QED) is 0.597. The molecule has 2 rings (SSSR count). The van der Waals surface area contributed by atoms with E-state index in [2.05, 4.69) is 5.32 Å². The molecule has 0 bridgehead atoms. The van der Waals surface area contributed by atoms with E-state index < -0.39 is 20.4 Å². The molecule has 0 heterocycles. The normalized spacial score (nSPS) is 11.3. The van der Waals surface area contributed by atoms with Crippen LogP contribution in [0, 0.1) is 10.1 Å². The number of hydrogen-bond acceptors (Lipinski definition) is 5. The highest BCUT2D eigenvalue weighted by molar-refractivity contribution is 7.90. The molecule has 0 fully saturated rings. The smallest absolute Gasteiger partial charge is 0.288 e. The zero-order valence-electron chi connectivity index (χ0n) is 12.6. The van der Waals surface area contributed by atoms with E-state index in [-0.39, 0.29) is 4.90 Å². The maximum absolute atomic E-state index is 11.7. The molecule has 0 aliphatic carbocycles. The van der Waals surface area contributed by atoms with Gasteiger partial charge in [0.15, 0.2) is 9.84 Å². The number of hydrogen-bond donors (Lipinski definition) is 1. The van der Waals surface area contributed by atoms with Gasteiger partial charge in [-0.2, -0.15) is 0 Å². The van der Waals surface area contributed by atoms with Crippen LogP contribution in [-0.2, 0) is 16.3 Å². The Kier molecular flexibility index (Phi) is 5.69. The van der Waals surface area contributed by atoms with Crippen LogP contribution in [0.5, 0.6) is 0 Å². The number of rotatable bonds is 6. The van der Waals surface area contributed by atoms with Gasteiger partial charge in [0.05, 0.1) is 4.92 Å². The van der Waals surface area contributed by atoms with Crippen LogP contribution in [0.4, 0.5) is 11.4 Å². The van der Waals surface area contributed by atoms with Gasteiger partial charge in [-0.05, 0) is 36.2 Å². The third kappa shape index (κ3) is 4.37. The first-order chi connectivity index (χ1) is 11.2. The fourth-order valence-corrected chi connectivity index (χ4v) is 3.62. The maximum Gasteiger partial charge on any atom is 0.288 e. The van der Waals surface area contributed by atoms with Crippen molar-refractivity contribution in [3.8, 4) is 0 Å². The SMILES string of the molecule is CS(=O)(=O)c1cc(NCCc2c(Cl)cccc2Cl)ccc1[N+](=O)[O-]. The highest BCUT2D eigenvalue weighted by Crippen LogP contribution is 2.28. The predicted octanol–water partition coefficient (Wildman–Crippen LogP) is 3.96. The Labute approximate surface area is 149 Å². The number of sulfone groups is 1. The molecular weight excluding hydrogens is 375 g/mol. The number of nitro benzene ring substituents is 1. The van der Waals surface area contributed by atoms with Crippen LogP contribution in [0.2, 0.25) is 10.0 Å². The largest absolute Gasteiger partial charge is 0.385 e. The summed E-state index contributed by atoms with van der Waals surface area (Å²) in [7, 11) is -3.72. The molecule has 1 N–H and O–H groups in total. The number of benzene rings is 2. The molecule has 0 spiro atoms. The maximum atomic E-state index is 11.7. The summed E-state index contributed by atoms with van der Waals surface area (Å²) in [6, 6.07) is 9.09. The van der Waals surface area contributed by atoms with Crippen molar-refractivity contribution in [3.05, 3.63) is 62.1 Å². The lowest BCUT2D eigenvalue weighted by Gasteiger charge is -2.10. The number of nitro groups is 1. The lowest BCUT2D eigenvalue weighted by molar-refractivity contribution is -0.387. The molecule has 0 atom stereocenters. The second-order valence-corrected chi connectivity index (χ2v) is 7.89. The van der Waals surface area contributed by atoms with Crippen LogP contribution in [0.25, 0.3) is 0 Å². The first-order valence-electron chi connectivity index (χ1n) is 6.85.